The van der Waals surface area contributed by atoms with Crippen molar-refractivity contribution < 1.29 is 4.39 Å². The Kier molecular flexibility index (Phi) is 2.14. The lowest BCUT2D eigenvalue weighted by Crippen LogP contribution is -2.17. The Labute approximate surface area is 68.3 Å². The van der Waals surface area contributed by atoms with Crippen molar-refractivity contribution in [2.75, 3.05) is 13.6 Å². The van der Waals surface area contributed by atoms with Gasteiger partial charge in [0.15, 0.2) is 0 Å². The van der Waals surface area contributed by atoms with E-state index in [9.17, 15) is 4.39 Å². The average Bonchev–Trinajstić information content (AvgIpc) is 1.82. The quantitative estimate of drug-likeness (QED) is 0.588. The fourth-order valence-corrected chi connectivity index (χ4v) is 1.37. The zero-order valence-corrected chi connectivity index (χ0v) is 7.57. The topological polar surface area (TPSA) is 3.24 Å². The predicted octanol–water partition coefficient (Wildman–Crippen LogP) is 2.41. The molecule has 0 bridgehead atoms. The van der Waals surface area contributed by atoms with Gasteiger partial charge >= 0.3 is 0 Å². The Morgan fingerprint density at radius 1 is 1.70 bits per heavy atom. The van der Waals surface area contributed by atoms with E-state index in [-0.39, 0.29) is 5.83 Å². The second-order valence-electron chi connectivity index (χ2n) is 2.42. The van der Waals surface area contributed by atoms with Gasteiger partial charge in [-0.05, 0) is 28.4 Å². The molecule has 0 unspecified atom stereocenters. The molecule has 0 radical (unpaired) electrons. The van der Waals surface area contributed by atoms with Crippen LogP contribution in [0.4, 0.5) is 4.39 Å². The van der Waals surface area contributed by atoms with Gasteiger partial charge in [-0.2, -0.15) is 0 Å². The first kappa shape index (κ1) is 7.79. The van der Waals surface area contributed by atoms with E-state index in [2.05, 4.69) is 15.9 Å². The molecule has 0 fully saturated rings. The largest absolute Gasteiger partial charge is 0.373 e. The molecule has 0 aromatic carbocycles. The van der Waals surface area contributed by atoms with Gasteiger partial charge in [0.1, 0.15) is 5.83 Å². The van der Waals surface area contributed by atoms with Crippen LogP contribution in [-0.4, -0.2) is 18.5 Å². The summed E-state index contributed by atoms with van der Waals surface area (Å²) in [6, 6.07) is 0. The van der Waals surface area contributed by atoms with E-state index in [1.165, 1.54) is 0 Å². The second kappa shape index (κ2) is 2.74. The summed E-state index contributed by atoms with van der Waals surface area (Å²) in [6.07, 6.45) is 1.87. The summed E-state index contributed by atoms with van der Waals surface area (Å²) < 4.78 is 13.7. The van der Waals surface area contributed by atoms with Crippen LogP contribution in [0.5, 0.6) is 0 Å². The van der Waals surface area contributed by atoms with Gasteiger partial charge in [0.25, 0.3) is 0 Å². The molecule has 0 aromatic heterocycles. The average molecular weight is 206 g/mol. The molecule has 1 rings (SSSR count). The summed E-state index contributed by atoms with van der Waals surface area (Å²) >= 11 is 3.26. The van der Waals surface area contributed by atoms with Gasteiger partial charge < -0.3 is 4.90 Å². The van der Waals surface area contributed by atoms with Crippen LogP contribution in [0.25, 0.3) is 0 Å². The van der Waals surface area contributed by atoms with Gasteiger partial charge in [-0.25, -0.2) is 4.39 Å². The third kappa shape index (κ3) is 1.40. The minimum absolute atomic E-state index is 0.0584. The summed E-state index contributed by atoms with van der Waals surface area (Å²) in [6.45, 7) is 2.16. The molecule has 0 atom stereocenters. The smallest absolute Gasteiger partial charge is 0.123 e. The van der Waals surface area contributed by atoms with Crippen LogP contribution in [0, 0.1) is 0 Å². The minimum Gasteiger partial charge on any atom is -0.373 e. The summed E-state index contributed by atoms with van der Waals surface area (Å²) in [5.74, 6) is -0.0584. The molecule has 0 amide bonds. The zero-order chi connectivity index (χ0) is 7.72. The molecule has 0 saturated carbocycles. The van der Waals surface area contributed by atoms with Crippen molar-refractivity contribution in [1.29, 1.82) is 0 Å². The Balaban J connectivity index is 2.90. The monoisotopic (exact) mass is 205 g/mol. The van der Waals surface area contributed by atoms with Crippen LogP contribution in [0.1, 0.15) is 6.92 Å². The highest BCUT2D eigenvalue weighted by Gasteiger charge is 2.12. The van der Waals surface area contributed by atoms with E-state index in [4.69, 9.17) is 0 Å². The van der Waals surface area contributed by atoms with Crippen molar-refractivity contribution in [2.24, 2.45) is 0 Å². The van der Waals surface area contributed by atoms with Gasteiger partial charge in [-0.3, -0.25) is 0 Å². The highest BCUT2D eigenvalue weighted by Crippen LogP contribution is 2.25. The Bertz CT molecular complexity index is 208. The fourth-order valence-electron chi connectivity index (χ4n) is 0.803. The van der Waals surface area contributed by atoms with Crippen LogP contribution in [-0.2, 0) is 0 Å². The lowest BCUT2D eigenvalue weighted by Gasteiger charge is -2.19. The Hall–Kier alpha value is -0.310. The summed E-state index contributed by atoms with van der Waals surface area (Å²) in [5, 5.41) is 0. The normalized spacial score (nSPS) is 19.6. The maximum atomic E-state index is 12.8. The van der Waals surface area contributed by atoms with Crippen LogP contribution >= 0.6 is 15.9 Å². The molecule has 10 heavy (non-hydrogen) atoms. The summed E-state index contributed by atoms with van der Waals surface area (Å²) in [5.41, 5.74) is 0.707. The maximum absolute atomic E-state index is 12.8. The van der Waals surface area contributed by atoms with Crippen molar-refractivity contribution in [3.8, 4) is 0 Å². The van der Waals surface area contributed by atoms with E-state index in [0.29, 0.717) is 12.1 Å². The number of allylic oxidation sites excluding steroid dienone is 2. The van der Waals surface area contributed by atoms with E-state index >= 15 is 0 Å². The molecule has 0 aromatic rings. The van der Waals surface area contributed by atoms with Crippen LogP contribution in [0.3, 0.4) is 0 Å². The lowest BCUT2D eigenvalue weighted by atomic mass is 10.2. The molecule has 1 aliphatic rings. The first-order valence-corrected chi connectivity index (χ1v) is 3.83. The van der Waals surface area contributed by atoms with E-state index in [1.54, 1.807) is 11.8 Å². The minimum atomic E-state index is -0.0584. The molecule has 0 aliphatic carbocycles. The number of hydrogen-bond acceptors (Lipinski definition) is 1. The number of halogens is 2. The number of rotatable bonds is 0. The molecule has 0 spiro atoms. The molecule has 1 nitrogen and oxygen atoms in total. The first-order chi connectivity index (χ1) is 4.61. The van der Waals surface area contributed by atoms with Gasteiger partial charge in [0.05, 0.1) is 6.54 Å². The molecule has 0 N–H and O–H groups in total. The van der Waals surface area contributed by atoms with Crippen molar-refractivity contribution in [2.45, 2.75) is 6.92 Å². The second-order valence-corrected chi connectivity index (χ2v) is 3.28. The van der Waals surface area contributed by atoms with E-state index < -0.39 is 0 Å². The van der Waals surface area contributed by atoms with Gasteiger partial charge in [0, 0.05) is 17.7 Å². The number of hydrogen-bond donors (Lipinski definition) is 0. The highest BCUT2D eigenvalue weighted by molar-refractivity contribution is 9.12. The van der Waals surface area contributed by atoms with Crippen molar-refractivity contribution in [3.05, 3.63) is 22.1 Å². The summed E-state index contributed by atoms with van der Waals surface area (Å²) in [4.78, 5) is 1.80. The van der Waals surface area contributed by atoms with Gasteiger partial charge in [-0.15, -0.1) is 0 Å². The zero-order valence-electron chi connectivity index (χ0n) is 5.99. The molecule has 1 heterocycles. The molecular weight excluding hydrogens is 197 g/mol. The Morgan fingerprint density at radius 2 is 2.30 bits per heavy atom. The number of likely N-dealkylation sites (N-methyl/N-ethyl adjacent to an activating group) is 1. The van der Waals surface area contributed by atoms with Crippen LogP contribution < -0.4 is 0 Å². The molecular formula is C7H9BrFN. The molecule has 0 saturated heterocycles. The SMILES string of the molecule is CC1=C(F)CN(C)C=C1Br. The van der Waals surface area contributed by atoms with Crippen molar-refractivity contribution in [1.82, 2.24) is 4.90 Å². The molecule has 56 valence electrons. The Morgan fingerprint density at radius 3 is 2.80 bits per heavy atom. The summed E-state index contributed by atoms with van der Waals surface area (Å²) in [7, 11) is 1.84. The molecule has 1 aliphatic heterocycles. The maximum Gasteiger partial charge on any atom is 0.123 e. The fraction of sp³-hybridized carbons (Fsp3) is 0.429. The van der Waals surface area contributed by atoms with Crippen LogP contribution in [0.2, 0.25) is 0 Å². The van der Waals surface area contributed by atoms with Gasteiger partial charge in [0.2, 0.25) is 0 Å². The third-order valence-corrected chi connectivity index (χ3v) is 2.29. The van der Waals surface area contributed by atoms with Crippen LogP contribution in [0.15, 0.2) is 22.1 Å². The standard InChI is InChI=1S/C7H9BrFN/c1-5-6(8)3-10(2)4-7(5)9/h3H,4H2,1-2H3. The lowest BCUT2D eigenvalue weighted by molar-refractivity contribution is 0.424. The van der Waals surface area contributed by atoms with E-state index in [1.807, 2.05) is 13.2 Å². The van der Waals surface area contributed by atoms with E-state index in [0.717, 1.165) is 4.48 Å². The molecule has 3 heteroatoms. The third-order valence-electron chi connectivity index (χ3n) is 1.49. The first-order valence-electron chi connectivity index (χ1n) is 3.04. The van der Waals surface area contributed by atoms with Gasteiger partial charge in [-0.1, -0.05) is 0 Å². The van der Waals surface area contributed by atoms with Crippen molar-refractivity contribution >= 4 is 15.9 Å². The number of nitrogens with zero attached hydrogens (tertiary/aromatic N) is 1. The highest BCUT2D eigenvalue weighted by atomic mass is 79.9. The predicted molar refractivity (Wildman–Crippen MR) is 43.4 cm³/mol. The van der Waals surface area contributed by atoms with Crippen molar-refractivity contribution in [3.63, 3.8) is 0 Å².